The normalized spacial score (nSPS) is 11.5. The fraction of sp³-hybridized carbons (Fsp3) is 0.231. The first-order chi connectivity index (χ1) is 9.81. The summed E-state index contributed by atoms with van der Waals surface area (Å²) in [6, 6.07) is 2.67. The number of carboxylic acid groups (broad SMARTS) is 1. The molecule has 0 spiro atoms. The molecule has 0 radical (unpaired) electrons. The summed E-state index contributed by atoms with van der Waals surface area (Å²) in [7, 11) is 2.47. The molecule has 112 valence electrons. The molecule has 0 atom stereocenters. The van der Waals surface area contributed by atoms with Crippen molar-refractivity contribution in [2.45, 2.75) is 6.18 Å². The molecule has 1 aromatic carbocycles. The summed E-state index contributed by atoms with van der Waals surface area (Å²) >= 11 is 0. The molecule has 0 aliphatic carbocycles. The predicted octanol–water partition coefficient (Wildman–Crippen LogP) is 2.97. The van der Waals surface area contributed by atoms with Gasteiger partial charge in [0.25, 0.3) is 0 Å². The standard InChI is InChI=1S/C13H10F3NO4/c1-20-7-3-4-8(21-2)11-9(7)10(13(14,15)16)6(5-17-11)12(18)19/h3-5H,1-2H3,(H,18,19). The number of alkyl halides is 3. The third-order valence-corrected chi connectivity index (χ3v) is 2.90. The zero-order chi connectivity index (χ0) is 15.8. The summed E-state index contributed by atoms with van der Waals surface area (Å²) in [5.41, 5.74) is -2.37. The quantitative estimate of drug-likeness (QED) is 0.944. The number of hydrogen-bond donors (Lipinski definition) is 1. The second-order valence-electron chi connectivity index (χ2n) is 4.04. The molecule has 0 unspecified atom stereocenters. The number of halogens is 3. The van der Waals surface area contributed by atoms with E-state index in [0.29, 0.717) is 6.20 Å². The van der Waals surface area contributed by atoms with E-state index in [-0.39, 0.29) is 17.0 Å². The Labute approximate surface area is 116 Å². The van der Waals surface area contributed by atoms with Crippen LogP contribution < -0.4 is 9.47 Å². The Hall–Kier alpha value is -2.51. The SMILES string of the molecule is COc1ccc(OC)c2c(C(F)(F)F)c(C(=O)O)cnc12. The Morgan fingerprint density at radius 3 is 2.24 bits per heavy atom. The molecule has 1 heterocycles. The molecular weight excluding hydrogens is 291 g/mol. The van der Waals surface area contributed by atoms with Crippen LogP contribution in [0.1, 0.15) is 15.9 Å². The van der Waals surface area contributed by atoms with Crippen LogP contribution >= 0.6 is 0 Å². The van der Waals surface area contributed by atoms with Gasteiger partial charge in [0.15, 0.2) is 0 Å². The molecule has 0 aliphatic heterocycles. The summed E-state index contributed by atoms with van der Waals surface area (Å²) in [5, 5.41) is 8.53. The van der Waals surface area contributed by atoms with Gasteiger partial charge in [-0.1, -0.05) is 0 Å². The van der Waals surface area contributed by atoms with Crippen molar-refractivity contribution in [3.05, 3.63) is 29.5 Å². The van der Waals surface area contributed by atoms with Crippen LogP contribution in [-0.4, -0.2) is 30.3 Å². The van der Waals surface area contributed by atoms with E-state index in [1.165, 1.54) is 26.4 Å². The van der Waals surface area contributed by atoms with Crippen molar-refractivity contribution in [1.82, 2.24) is 4.98 Å². The largest absolute Gasteiger partial charge is 0.496 e. The monoisotopic (exact) mass is 301 g/mol. The molecule has 2 aromatic rings. The molecule has 0 aliphatic rings. The first-order valence-corrected chi connectivity index (χ1v) is 5.65. The van der Waals surface area contributed by atoms with Gasteiger partial charge in [0.05, 0.1) is 30.7 Å². The van der Waals surface area contributed by atoms with Crippen LogP contribution in [0.3, 0.4) is 0 Å². The van der Waals surface area contributed by atoms with Crippen LogP contribution in [0.25, 0.3) is 10.9 Å². The van der Waals surface area contributed by atoms with Crippen molar-refractivity contribution in [2.24, 2.45) is 0 Å². The van der Waals surface area contributed by atoms with Crippen molar-refractivity contribution in [1.29, 1.82) is 0 Å². The van der Waals surface area contributed by atoms with E-state index in [9.17, 15) is 18.0 Å². The van der Waals surface area contributed by atoms with E-state index < -0.39 is 28.7 Å². The Balaban J connectivity index is 3.04. The molecular formula is C13H10F3NO4. The fourth-order valence-electron chi connectivity index (χ4n) is 2.04. The molecule has 0 fully saturated rings. The van der Waals surface area contributed by atoms with Crippen LogP contribution in [0, 0.1) is 0 Å². The molecule has 5 nitrogen and oxygen atoms in total. The number of aromatic carboxylic acids is 1. The second kappa shape index (κ2) is 5.12. The number of benzene rings is 1. The maximum Gasteiger partial charge on any atom is 0.418 e. The number of carboxylic acids is 1. The van der Waals surface area contributed by atoms with Crippen molar-refractivity contribution >= 4 is 16.9 Å². The average molecular weight is 301 g/mol. The summed E-state index contributed by atoms with van der Waals surface area (Å²) in [4.78, 5) is 14.8. The van der Waals surface area contributed by atoms with Gasteiger partial charge in [-0.2, -0.15) is 13.2 Å². The van der Waals surface area contributed by atoms with Crippen LogP contribution in [0.4, 0.5) is 13.2 Å². The maximum atomic E-state index is 13.3. The van der Waals surface area contributed by atoms with E-state index in [4.69, 9.17) is 14.6 Å². The highest BCUT2D eigenvalue weighted by atomic mass is 19.4. The van der Waals surface area contributed by atoms with Crippen LogP contribution in [0.15, 0.2) is 18.3 Å². The minimum Gasteiger partial charge on any atom is -0.496 e. The van der Waals surface area contributed by atoms with Crippen LogP contribution in [-0.2, 0) is 6.18 Å². The van der Waals surface area contributed by atoms with Gasteiger partial charge >= 0.3 is 12.1 Å². The number of rotatable bonds is 3. The van der Waals surface area contributed by atoms with Crippen LogP contribution in [0.2, 0.25) is 0 Å². The molecule has 0 saturated carbocycles. The van der Waals surface area contributed by atoms with E-state index in [1.807, 2.05) is 0 Å². The van der Waals surface area contributed by atoms with Gasteiger partial charge in [-0.3, -0.25) is 4.98 Å². The minimum atomic E-state index is -4.88. The van der Waals surface area contributed by atoms with E-state index in [2.05, 4.69) is 4.98 Å². The fourth-order valence-corrected chi connectivity index (χ4v) is 2.04. The first-order valence-electron chi connectivity index (χ1n) is 5.65. The van der Waals surface area contributed by atoms with Gasteiger partial charge in [0.2, 0.25) is 0 Å². The topological polar surface area (TPSA) is 68.7 Å². The van der Waals surface area contributed by atoms with Crippen molar-refractivity contribution in [3.8, 4) is 11.5 Å². The third kappa shape index (κ3) is 2.44. The lowest BCUT2D eigenvalue weighted by Crippen LogP contribution is -2.15. The highest BCUT2D eigenvalue weighted by Crippen LogP contribution is 2.43. The van der Waals surface area contributed by atoms with Gasteiger partial charge in [-0.15, -0.1) is 0 Å². The van der Waals surface area contributed by atoms with Gasteiger partial charge in [-0.25, -0.2) is 4.79 Å². The lowest BCUT2D eigenvalue weighted by Gasteiger charge is -2.16. The highest BCUT2D eigenvalue weighted by molar-refractivity contribution is 6.00. The Morgan fingerprint density at radius 2 is 1.76 bits per heavy atom. The number of methoxy groups -OCH3 is 2. The molecule has 1 N–H and O–H groups in total. The Morgan fingerprint density at radius 1 is 1.19 bits per heavy atom. The number of carbonyl (C=O) groups is 1. The highest BCUT2D eigenvalue weighted by Gasteiger charge is 2.39. The van der Waals surface area contributed by atoms with Gasteiger partial charge in [-0.05, 0) is 12.1 Å². The molecule has 0 bridgehead atoms. The number of ether oxygens (including phenoxy) is 2. The van der Waals surface area contributed by atoms with Crippen molar-refractivity contribution in [2.75, 3.05) is 14.2 Å². The molecule has 2 rings (SSSR count). The van der Waals surface area contributed by atoms with Crippen molar-refractivity contribution < 1.29 is 32.5 Å². The summed E-state index contributed by atoms with van der Waals surface area (Å²) in [6.07, 6.45) is -4.22. The number of pyridine rings is 1. The molecule has 0 amide bonds. The summed E-state index contributed by atoms with van der Waals surface area (Å²) in [5.74, 6) is -1.76. The molecule has 0 saturated heterocycles. The van der Waals surface area contributed by atoms with Crippen LogP contribution in [0.5, 0.6) is 11.5 Å². The Bertz CT molecular complexity index is 713. The minimum absolute atomic E-state index is 0.0910. The number of nitrogens with zero attached hydrogens (tertiary/aromatic N) is 1. The first kappa shape index (κ1) is 14.9. The number of hydrogen-bond acceptors (Lipinski definition) is 4. The molecule has 1 aromatic heterocycles. The lowest BCUT2D eigenvalue weighted by atomic mass is 10.0. The van der Waals surface area contributed by atoms with Gasteiger partial charge in [0.1, 0.15) is 17.0 Å². The maximum absolute atomic E-state index is 13.3. The number of fused-ring (bicyclic) bond motifs is 1. The third-order valence-electron chi connectivity index (χ3n) is 2.90. The zero-order valence-corrected chi connectivity index (χ0v) is 11.0. The summed E-state index contributed by atoms with van der Waals surface area (Å²) in [6.45, 7) is 0. The van der Waals surface area contributed by atoms with E-state index >= 15 is 0 Å². The zero-order valence-electron chi connectivity index (χ0n) is 11.0. The van der Waals surface area contributed by atoms with E-state index in [1.54, 1.807) is 0 Å². The van der Waals surface area contributed by atoms with Crippen molar-refractivity contribution in [3.63, 3.8) is 0 Å². The molecule has 21 heavy (non-hydrogen) atoms. The Kier molecular flexibility index (Phi) is 3.63. The second-order valence-corrected chi connectivity index (χ2v) is 4.04. The predicted molar refractivity (Wildman–Crippen MR) is 66.8 cm³/mol. The van der Waals surface area contributed by atoms with E-state index in [0.717, 1.165) is 0 Å². The lowest BCUT2D eigenvalue weighted by molar-refractivity contribution is -0.136. The summed E-state index contributed by atoms with van der Waals surface area (Å²) < 4.78 is 49.8. The average Bonchev–Trinajstić information content (AvgIpc) is 2.43. The number of aromatic nitrogens is 1. The molecule has 8 heteroatoms. The van der Waals surface area contributed by atoms with Gasteiger partial charge < -0.3 is 14.6 Å². The smallest absolute Gasteiger partial charge is 0.418 e. The van der Waals surface area contributed by atoms with Gasteiger partial charge in [0, 0.05) is 6.20 Å².